The second-order valence-electron chi connectivity index (χ2n) is 6.86. The van der Waals surface area contributed by atoms with Crippen molar-refractivity contribution in [2.45, 2.75) is 37.5 Å². The average Bonchev–Trinajstić information content (AvgIpc) is 3.29. The van der Waals surface area contributed by atoms with E-state index >= 15 is 0 Å². The first-order valence-electron chi connectivity index (χ1n) is 9.29. The summed E-state index contributed by atoms with van der Waals surface area (Å²) in [5, 5.41) is 20.2. The van der Waals surface area contributed by atoms with Crippen molar-refractivity contribution in [3.05, 3.63) is 47.9 Å². The molecular weight excluding hydrogens is 396 g/mol. The zero-order valence-corrected chi connectivity index (χ0v) is 16.1. The number of imidazole rings is 1. The van der Waals surface area contributed by atoms with Crippen LogP contribution in [0.5, 0.6) is 5.88 Å². The van der Waals surface area contributed by atoms with Gasteiger partial charge in [-0.3, -0.25) is 14.2 Å². The summed E-state index contributed by atoms with van der Waals surface area (Å²) >= 11 is 0. The summed E-state index contributed by atoms with van der Waals surface area (Å²) < 4.78 is 17.3. The number of nitrogens with zero attached hydrogens (tertiary/aromatic N) is 2. The van der Waals surface area contributed by atoms with Crippen LogP contribution in [-0.4, -0.2) is 63.1 Å². The number of aliphatic hydroxyl groups is 1. The van der Waals surface area contributed by atoms with Crippen molar-refractivity contribution in [3.63, 3.8) is 0 Å². The molecule has 1 fully saturated rings. The monoisotopic (exact) mass is 420 g/mol. The van der Waals surface area contributed by atoms with Gasteiger partial charge in [-0.2, -0.15) is 0 Å². The number of benzene rings is 1. The fourth-order valence-electron chi connectivity index (χ4n) is 2.99. The van der Waals surface area contributed by atoms with E-state index in [4.69, 9.17) is 25.7 Å². The van der Waals surface area contributed by atoms with Crippen LogP contribution in [-0.2, 0) is 25.6 Å². The Morgan fingerprint density at radius 1 is 1.33 bits per heavy atom. The van der Waals surface area contributed by atoms with Gasteiger partial charge in [0.2, 0.25) is 5.88 Å². The molecule has 11 nitrogen and oxygen atoms in total. The van der Waals surface area contributed by atoms with Gasteiger partial charge in [-0.1, -0.05) is 30.3 Å². The molecule has 0 saturated carbocycles. The van der Waals surface area contributed by atoms with Crippen molar-refractivity contribution in [2.75, 3.05) is 13.2 Å². The maximum atomic E-state index is 12.1. The van der Waals surface area contributed by atoms with Crippen molar-refractivity contribution in [3.8, 4) is 5.88 Å². The van der Waals surface area contributed by atoms with Gasteiger partial charge in [0.1, 0.15) is 31.3 Å². The molecule has 0 bridgehead atoms. The second-order valence-corrected chi connectivity index (χ2v) is 6.86. The summed E-state index contributed by atoms with van der Waals surface area (Å²) in [6, 6.07) is 8.45. The average molecular weight is 420 g/mol. The van der Waals surface area contributed by atoms with Crippen LogP contribution < -0.4 is 11.5 Å². The van der Waals surface area contributed by atoms with E-state index in [0.717, 1.165) is 5.56 Å². The number of aliphatic hydroxyl groups excluding tert-OH is 1. The number of hydrogen-bond donors (Lipinski definition) is 4. The molecule has 0 aliphatic carbocycles. The number of rotatable bonds is 9. The Kier molecular flexibility index (Phi) is 7.00. The molecule has 1 aliphatic rings. The fraction of sp³-hybridized carbons (Fsp3) is 0.421. The van der Waals surface area contributed by atoms with E-state index in [2.05, 4.69) is 4.98 Å². The van der Waals surface area contributed by atoms with Gasteiger partial charge in [0.15, 0.2) is 5.69 Å². The maximum Gasteiger partial charge on any atom is 0.325 e. The standard InChI is InChI=1S/C19H24N4O7/c20-12(8-28-7-11-4-2-1-3-5-11)19(27)29-9-14-13(24)6-15(30-14)23-10-22-16(17(21)25)18(23)26/h1-5,10,12-15,24,26H,6-9,20H2,(H2,21,25)/t12-,13-,14+,15+/m0/s1. The number of ether oxygens (including phenoxy) is 3. The van der Waals surface area contributed by atoms with Gasteiger partial charge in [-0.25, -0.2) is 4.98 Å². The first-order valence-corrected chi connectivity index (χ1v) is 9.29. The molecule has 1 amide bonds. The highest BCUT2D eigenvalue weighted by atomic mass is 16.6. The summed E-state index contributed by atoms with van der Waals surface area (Å²) in [4.78, 5) is 27.0. The van der Waals surface area contributed by atoms with E-state index < -0.39 is 42.2 Å². The number of carbonyl (C=O) groups is 2. The van der Waals surface area contributed by atoms with Crippen LogP contribution in [0.2, 0.25) is 0 Å². The van der Waals surface area contributed by atoms with Gasteiger partial charge in [-0.05, 0) is 5.56 Å². The normalized spacial score (nSPS) is 22.0. The highest BCUT2D eigenvalue weighted by molar-refractivity contribution is 5.93. The number of primary amides is 1. The Hall–Kier alpha value is -2.99. The smallest absolute Gasteiger partial charge is 0.325 e. The van der Waals surface area contributed by atoms with Crippen LogP contribution in [0.1, 0.15) is 28.7 Å². The molecule has 2 heterocycles. The molecule has 30 heavy (non-hydrogen) atoms. The molecule has 1 saturated heterocycles. The Morgan fingerprint density at radius 2 is 2.07 bits per heavy atom. The largest absolute Gasteiger partial charge is 0.493 e. The number of aromatic nitrogens is 2. The number of esters is 1. The van der Waals surface area contributed by atoms with E-state index in [0.29, 0.717) is 6.61 Å². The maximum absolute atomic E-state index is 12.1. The molecule has 1 aliphatic heterocycles. The number of hydrogen-bond acceptors (Lipinski definition) is 9. The predicted molar refractivity (Wildman–Crippen MR) is 102 cm³/mol. The van der Waals surface area contributed by atoms with E-state index in [1.165, 1.54) is 10.9 Å². The molecule has 162 valence electrons. The topological polar surface area (TPSA) is 172 Å². The second kappa shape index (κ2) is 9.67. The van der Waals surface area contributed by atoms with Crippen molar-refractivity contribution < 1.29 is 34.0 Å². The lowest BCUT2D eigenvalue weighted by Crippen LogP contribution is -2.39. The third-order valence-corrected chi connectivity index (χ3v) is 4.62. The predicted octanol–water partition coefficient (Wildman–Crippen LogP) is -0.577. The van der Waals surface area contributed by atoms with Crippen molar-refractivity contribution in [2.24, 2.45) is 11.5 Å². The molecule has 0 spiro atoms. The van der Waals surface area contributed by atoms with Crippen molar-refractivity contribution >= 4 is 11.9 Å². The van der Waals surface area contributed by atoms with Crippen molar-refractivity contribution in [1.82, 2.24) is 9.55 Å². The van der Waals surface area contributed by atoms with Gasteiger partial charge < -0.3 is 35.9 Å². The van der Waals surface area contributed by atoms with Crippen LogP contribution in [0.3, 0.4) is 0 Å². The first kappa shape index (κ1) is 21.7. The minimum absolute atomic E-state index is 0.0246. The van der Waals surface area contributed by atoms with E-state index in [-0.39, 0.29) is 25.3 Å². The summed E-state index contributed by atoms with van der Waals surface area (Å²) in [5.41, 5.74) is 11.5. The minimum atomic E-state index is -0.987. The van der Waals surface area contributed by atoms with E-state index in [1.807, 2.05) is 30.3 Å². The third kappa shape index (κ3) is 5.13. The molecule has 1 aromatic carbocycles. The van der Waals surface area contributed by atoms with Gasteiger partial charge in [0, 0.05) is 6.42 Å². The minimum Gasteiger partial charge on any atom is -0.493 e. The summed E-state index contributed by atoms with van der Waals surface area (Å²) in [5.74, 6) is -2.04. The van der Waals surface area contributed by atoms with Crippen LogP contribution in [0.25, 0.3) is 0 Å². The first-order chi connectivity index (χ1) is 14.4. The zero-order chi connectivity index (χ0) is 21.7. The number of nitrogens with two attached hydrogens (primary N) is 2. The number of aromatic hydroxyl groups is 1. The lowest BCUT2D eigenvalue weighted by atomic mass is 10.2. The van der Waals surface area contributed by atoms with Crippen LogP contribution in [0, 0.1) is 0 Å². The highest BCUT2D eigenvalue weighted by Gasteiger charge is 2.37. The van der Waals surface area contributed by atoms with Gasteiger partial charge >= 0.3 is 5.97 Å². The summed E-state index contributed by atoms with van der Waals surface area (Å²) in [6.07, 6.45) is -1.33. The third-order valence-electron chi connectivity index (χ3n) is 4.62. The molecule has 11 heteroatoms. The molecule has 0 unspecified atom stereocenters. The van der Waals surface area contributed by atoms with Gasteiger partial charge in [0.25, 0.3) is 5.91 Å². The molecule has 3 rings (SSSR count). The lowest BCUT2D eigenvalue weighted by Gasteiger charge is -2.17. The number of amides is 1. The lowest BCUT2D eigenvalue weighted by molar-refractivity contribution is -0.153. The molecule has 4 atom stereocenters. The Labute approximate surface area is 172 Å². The van der Waals surface area contributed by atoms with Crippen LogP contribution in [0.4, 0.5) is 0 Å². The summed E-state index contributed by atoms with van der Waals surface area (Å²) in [7, 11) is 0. The quantitative estimate of drug-likeness (QED) is 0.387. The summed E-state index contributed by atoms with van der Waals surface area (Å²) in [6.45, 7) is 0.0555. The zero-order valence-electron chi connectivity index (χ0n) is 16.1. The molecular formula is C19H24N4O7. The van der Waals surface area contributed by atoms with E-state index in [1.54, 1.807) is 0 Å². The van der Waals surface area contributed by atoms with Crippen LogP contribution in [0.15, 0.2) is 36.7 Å². The van der Waals surface area contributed by atoms with E-state index in [9.17, 15) is 19.8 Å². The molecule has 6 N–H and O–H groups in total. The van der Waals surface area contributed by atoms with Gasteiger partial charge in [0.05, 0.1) is 19.3 Å². The SMILES string of the molecule is NC(=O)c1ncn([C@H]2C[C@H](O)[C@@H](COC(=O)[C@@H](N)COCc3ccccc3)O2)c1O. The Bertz CT molecular complexity index is 873. The molecule has 2 aromatic rings. The van der Waals surface area contributed by atoms with Crippen LogP contribution >= 0.6 is 0 Å². The molecule has 1 aromatic heterocycles. The Balaban J connectivity index is 1.45. The van der Waals surface area contributed by atoms with Crippen molar-refractivity contribution in [1.29, 1.82) is 0 Å². The fourth-order valence-corrected chi connectivity index (χ4v) is 2.99. The highest BCUT2D eigenvalue weighted by Crippen LogP contribution is 2.32. The molecule has 0 radical (unpaired) electrons. The van der Waals surface area contributed by atoms with Gasteiger partial charge in [-0.15, -0.1) is 0 Å². The number of carbonyl (C=O) groups excluding carboxylic acids is 2. The Morgan fingerprint density at radius 3 is 2.73 bits per heavy atom.